The van der Waals surface area contributed by atoms with Gasteiger partial charge in [-0.1, -0.05) is 84.9 Å². The Morgan fingerprint density at radius 2 is 1.03 bits per heavy atom. The van der Waals surface area contributed by atoms with Crippen LogP contribution in [0.15, 0.2) is 109 Å². The van der Waals surface area contributed by atoms with Crippen LogP contribution in [-0.4, -0.2) is 8.80 Å². The van der Waals surface area contributed by atoms with Crippen LogP contribution in [-0.2, 0) is 0 Å². The Bertz CT molecular complexity index is 2280. The SMILES string of the molecule is c1ccc2c(c1)ccc1c2c2cc3ccccc3c3c2n1c1cccc2c4ccccc4n3c21. The first-order chi connectivity index (χ1) is 16.9. The summed E-state index contributed by atoms with van der Waals surface area (Å²) in [5.41, 5.74) is 7.68. The average Bonchev–Trinajstić information content (AvgIpc) is 3.41. The van der Waals surface area contributed by atoms with Gasteiger partial charge in [-0.25, -0.2) is 0 Å². The number of para-hydroxylation sites is 2. The van der Waals surface area contributed by atoms with Crippen molar-refractivity contribution in [3.8, 4) is 0 Å². The third-order valence-electron chi connectivity index (χ3n) is 7.77. The topological polar surface area (TPSA) is 8.82 Å². The van der Waals surface area contributed by atoms with Gasteiger partial charge in [-0.3, -0.25) is 0 Å². The van der Waals surface area contributed by atoms with Crippen LogP contribution in [0.4, 0.5) is 0 Å². The fourth-order valence-electron chi connectivity index (χ4n) is 6.47. The monoisotopic (exact) mass is 430 g/mol. The van der Waals surface area contributed by atoms with Gasteiger partial charge in [0, 0.05) is 26.9 Å². The minimum absolute atomic E-state index is 1.26. The van der Waals surface area contributed by atoms with E-state index in [1.807, 2.05) is 0 Å². The van der Waals surface area contributed by atoms with Crippen molar-refractivity contribution in [2.75, 3.05) is 0 Å². The lowest BCUT2D eigenvalue weighted by atomic mass is 10.0. The molecule has 0 radical (unpaired) electrons. The van der Waals surface area contributed by atoms with Gasteiger partial charge in [-0.05, 0) is 40.4 Å². The van der Waals surface area contributed by atoms with Gasteiger partial charge >= 0.3 is 0 Å². The molecule has 3 aromatic heterocycles. The first-order valence-corrected chi connectivity index (χ1v) is 11.8. The molecule has 2 nitrogen and oxygen atoms in total. The van der Waals surface area contributed by atoms with E-state index in [-0.39, 0.29) is 0 Å². The molecule has 0 unspecified atom stereocenters. The minimum atomic E-state index is 1.26. The van der Waals surface area contributed by atoms with E-state index in [0.29, 0.717) is 0 Å². The standard InChI is InChI=1S/C32H18N2/c1-3-10-21-19(8-1)16-17-27-29(21)25-18-20-9-2-4-11-22(20)31-32(25)33(27)28-15-7-13-24-23-12-5-6-14-26(23)34(31)30(24)28/h1-18H. The van der Waals surface area contributed by atoms with E-state index in [4.69, 9.17) is 0 Å². The van der Waals surface area contributed by atoms with Gasteiger partial charge in [-0.15, -0.1) is 0 Å². The number of rotatable bonds is 0. The second-order valence-corrected chi connectivity index (χ2v) is 9.38. The van der Waals surface area contributed by atoms with Gasteiger partial charge in [0.1, 0.15) is 0 Å². The van der Waals surface area contributed by atoms with E-state index in [1.165, 1.54) is 76.2 Å². The maximum atomic E-state index is 2.52. The molecule has 0 atom stereocenters. The molecule has 156 valence electrons. The number of hydrogen-bond acceptors (Lipinski definition) is 0. The summed E-state index contributed by atoms with van der Waals surface area (Å²) in [5.74, 6) is 0. The lowest BCUT2D eigenvalue weighted by Gasteiger charge is -2.13. The molecule has 2 heteroatoms. The summed E-state index contributed by atoms with van der Waals surface area (Å²) < 4.78 is 5.03. The van der Waals surface area contributed by atoms with Crippen LogP contribution in [0, 0.1) is 0 Å². The lowest BCUT2D eigenvalue weighted by Crippen LogP contribution is -1.97. The van der Waals surface area contributed by atoms with Crippen molar-refractivity contribution in [1.82, 2.24) is 8.80 Å². The summed E-state index contributed by atoms with van der Waals surface area (Å²) in [7, 11) is 0. The van der Waals surface area contributed by atoms with E-state index in [2.05, 4.69) is 118 Å². The van der Waals surface area contributed by atoms with Gasteiger partial charge in [0.15, 0.2) is 0 Å². The fourth-order valence-corrected chi connectivity index (χ4v) is 6.47. The van der Waals surface area contributed by atoms with Gasteiger partial charge in [0.05, 0.1) is 33.1 Å². The molecule has 6 aromatic carbocycles. The Labute approximate surface area is 194 Å². The average molecular weight is 431 g/mol. The molecule has 9 aromatic rings. The first-order valence-electron chi connectivity index (χ1n) is 11.8. The Morgan fingerprint density at radius 1 is 0.353 bits per heavy atom. The van der Waals surface area contributed by atoms with E-state index in [1.54, 1.807) is 0 Å². The van der Waals surface area contributed by atoms with Gasteiger partial charge < -0.3 is 8.80 Å². The molecule has 9 rings (SSSR count). The van der Waals surface area contributed by atoms with Crippen LogP contribution in [0.5, 0.6) is 0 Å². The first kappa shape index (κ1) is 17.0. The molecule has 0 aliphatic carbocycles. The van der Waals surface area contributed by atoms with Crippen LogP contribution in [0.3, 0.4) is 0 Å². The maximum Gasteiger partial charge on any atom is 0.0790 e. The Morgan fingerprint density at radius 3 is 1.94 bits per heavy atom. The number of hydrogen-bond donors (Lipinski definition) is 0. The molecular weight excluding hydrogens is 412 g/mol. The molecule has 0 aliphatic rings. The Hall–Kier alpha value is -4.56. The summed E-state index contributed by atoms with van der Waals surface area (Å²) in [5, 5.41) is 10.4. The lowest BCUT2D eigenvalue weighted by molar-refractivity contribution is 1.26. The van der Waals surface area contributed by atoms with Gasteiger partial charge in [-0.2, -0.15) is 0 Å². The molecule has 3 heterocycles. The highest BCUT2D eigenvalue weighted by atomic mass is 15.0. The zero-order chi connectivity index (χ0) is 22.0. The normalized spacial score (nSPS) is 12.7. The number of aromatic nitrogens is 2. The smallest absolute Gasteiger partial charge is 0.0790 e. The molecule has 0 saturated carbocycles. The summed E-state index contributed by atoms with van der Waals surface area (Å²) in [4.78, 5) is 0. The predicted molar refractivity (Wildman–Crippen MR) is 145 cm³/mol. The Kier molecular flexibility index (Phi) is 2.83. The minimum Gasteiger partial charge on any atom is -0.305 e. The van der Waals surface area contributed by atoms with Gasteiger partial charge in [0.2, 0.25) is 0 Å². The number of nitrogens with zero attached hydrogens (tertiary/aromatic N) is 2. The summed E-state index contributed by atoms with van der Waals surface area (Å²) in [6, 6.07) is 40.2. The molecule has 0 spiro atoms. The fraction of sp³-hybridized carbons (Fsp3) is 0. The zero-order valence-electron chi connectivity index (χ0n) is 18.3. The highest BCUT2D eigenvalue weighted by Gasteiger charge is 2.23. The number of fused-ring (bicyclic) bond motifs is 12. The van der Waals surface area contributed by atoms with Crippen LogP contribution in [0.2, 0.25) is 0 Å². The van der Waals surface area contributed by atoms with Crippen molar-refractivity contribution in [2.45, 2.75) is 0 Å². The van der Waals surface area contributed by atoms with Crippen LogP contribution in [0.25, 0.3) is 76.2 Å². The second-order valence-electron chi connectivity index (χ2n) is 9.38. The van der Waals surface area contributed by atoms with E-state index in [9.17, 15) is 0 Å². The van der Waals surface area contributed by atoms with E-state index in [0.717, 1.165) is 0 Å². The van der Waals surface area contributed by atoms with Gasteiger partial charge in [0.25, 0.3) is 0 Å². The molecule has 0 fully saturated rings. The highest BCUT2D eigenvalue weighted by Crippen LogP contribution is 2.44. The molecule has 0 aliphatic heterocycles. The molecule has 0 bridgehead atoms. The Balaban J connectivity index is 1.78. The summed E-state index contributed by atoms with van der Waals surface area (Å²) >= 11 is 0. The van der Waals surface area contributed by atoms with Crippen LogP contribution in [0.1, 0.15) is 0 Å². The van der Waals surface area contributed by atoms with Crippen molar-refractivity contribution in [1.29, 1.82) is 0 Å². The molecular formula is C32H18N2. The summed E-state index contributed by atoms with van der Waals surface area (Å²) in [6.07, 6.45) is 0. The predicted octanol–water partition coefficient (Wildman–Crippen LogP) is 8.55. The van der Waals surface area contributed by atoms with Crippen LogP contribution >= 0.6 is 0 Å². The van der Waals surface area contributed by atoms with Crippen molar-refractivity contribution in [3.05, 3.63) is 109 Å². The quantitative estimate of drug-likeness (QED) is 0.168. The third kappa shape index (κ3) is 1.79. The van der Waals surface area contributed by atoms with Crippen molar-refractivity contribution in [2.24, 2.45) is 0 Å². The van der Waals surface area contributed by atoms with Crippen molar-refractivity contribution < 1.29 is 0 Å². The zero-order valence-corrected chi connectivity index (χ0v) is 18.3. The molecule has 0 N–H and O–H groups in total. The largest absolute Gasteiger partial charge is 0.305 e. The van der Waals surface area contributed by atoms with Crippen LogP contribution < -0.4 is 0 Å². The van der Waals surface area contributed by atoms with Crippen molar-refractivity contribution in [3.63, 3.8) is 0 Å². The van der Waals surface area contributed by atoms with E-state index < -0.39 is 0 Å². The molecule has 34 heavy (non-hydrogen) atoms. The maximum absolute atomic E-state index is 2.52. The highest BCUT2D eigenvalue weighted by molar-refractivity contribution is 6.30. The number of benzene rings is 6. The third-order valence-corrected chi connectivity index (χ3v) is 7.77. The van der Waals surface area contributed by atoms with E-state index >= 15 is 0 Å². The molecule has 0 amide bonds. The van der Waals surface area contributed by atoms with Crippen molar-refractivity contribution >= 4 is 76.2 Å². The second kappa shape index (κ2) is 5.67. The molecule has 0 saturated heterocycles. The summed E-state index contributed by atoms with van der Waals surface area (Å²) in [6.45, 7) is 0.